The fraction of sp³-hybridized carbons (Fsp3) is 0.917. The van der Waals surface area contributed by atoms with Crippen LogP contribution in [0.3, 0.4) is 0 Å². The van der Waals surface area contributed by atoms with E-state index in [1.54, 1.807) is 0 Å². The summed E-state index contributed by atoms with van der Waals surface area (Å²) >= 11 is 0. The van der Waals surface area contributed by atoms with Crippen molar-refractivity contribution in [3.05, 3.63) is 0 Å². The van der Waals surface area contributed by atoms with Gasteiger partial charge in [0.15, 0.2) is 0 Å². The van der Waals surface area contributed by atoms with E-state index in [0.717, 1.165) is 24.8 Å². The van der Waals surface area contributed by atoms with Crippen molar-refractivity contribution in [2.45, 2.75) is 25.8 Å². The number of ether oxygens (including phenoxy) is 1. The summed E-state index contributed by atoms with van der Waals surface area (Å²) < 4.78 is 4.65. The third kappa shape index (κ3) is 2.38. The SMILES string of the molecule is COC(=O)CCCN1CC2CNCC2C1C. The molecule has 4 heteroatoms. The number of hydrogen-bond acceptors (Lipinski definition) is 4. The van der Waals surface area contributed by atoms with Crippen LogP contribution in [0.5, 0.6) is 0 Å². The first kappa shape index (κ1) is 11.9. The molecule has 2 aliphatic rings. The molecule has 1 N–H and O–H groups in total. The molecule has 3 atom stereocenters. The van der Waals surface area contributed by atoms with E-state index in [1.165, 1.54) is 26.7 Å². The van der Waals surface area contributed by atoms with E-state index in [9.17, 15) is 4.79 Å². The van der Waals surface area contributed by atoms with Crippen LogP contribution in [-0.4, -0.2) is 50.2 Å². The van der Waals surface area contributed by atoms with Crippen molar-refractivity contribution in [2.75, 3.05) is 33.3 Å². The molecule has 2 aliphatic heterocycles. The fourth-order valence-corrected chi connectivity index (χ4v) is 3.08. The quantitative estimate of drug-likeness (QED) is 0.708. The van der Waals surface area contributed by atoms with Gasteiger partial charge in [-0.15, -0.1) is 0 Å². The Morgan fingerprint density at radius 2 is 2.31 bits per heavy atom. The summed E-state index contributed by atoms with van der Waals surface area (Å²) in [5.74, 6) is 1.56. The first-order valence-electron chi connectivity index (χ1n) is 6.24. The summed E-state index contributed by atoms with van der Waals surface area (Å²) in [6, 6.07) is 0.664. The Morgan fingerprint density at radius 3 is 3.00 bits per heavy atom. The van der Waals surface area contributed by atoms with Gasteiger partial charge in [0.1, 0.15) is 0 Å². The summed E-state index contributed by atoms with van der Waals surface area (Å²) in [6.45, 7) is 6.88. The van der Waals surface area contributed by atoms with Gasteiger partial charge in [-0.05, 0) is 44.8 Å². The Kier molecular flexibility index (Phi) is 3.82. The highest BCUT2D eigenvalue weighted by Gasteiger charge is 2.41. The molecule has 0 aliphatic carbocycles. The second kappa shape index (κ2) is 5.15. The molecule has 0 aromatic rings. The molecule has 2 heterocycles. The highest BCUT2D eigenvalue weighted by atomic mass is 16.5. The predicted molar refractivity (Wildman–Crippen MR) is 62.1 cm³/mol. The van der Waals surface area contributed by atoms with Crippen molar-refractivity contribution in [3.8, 4) is 0 Å². The second-order valence-corrected chi connectivity index (χ2v) is 5.00. The van der Waals surface area contributed by atoms with Crippen molar-refractivity contribution in [1.82, 2.24) is 10.2 Å². The first-order valence-corrected chi connectivity index (χ1v) is 6.24. The lowest BCUT2D eigenvalue weighted by Gasteiger charge is -2.23. The number of fused-ring (bicyclic) bond motifs is 1. The van der Waals surface area contributed by atoms with E-state index in [2.05, 4.69) is 21.9 Å². The molecule has 3 unspecified atom stereocenters. The van der Waals surface area contributed by atoms with Gasteiger partial charge in [0, 0.05) is 19.0 Å². The molecule has 0 saturated carbocycles. The van der Waals surface area contributed by atoms with Gasteiger partial charge in [-0.3, -0.25) is 9.69 Å². The summed E-state index contributed by atoms with van der Waals surface area (Å²) in [5.41, 5.74) is 0. The smallest absolute Gasteiger partial charge is 0.305 e. The Balaban J connectivity index is 1.73. The molecule has 2 rings (SSSR count). The molecule has 0 aromatic heterocycles. The molecule has 92 valence electrons. The van der Waals surface area contributed by atoms with Crippen LogP contribution in [-0.2, 0) is 9.53 Å². The lowest BCUT2D eigenvalue weighted by Crippen LogP contribution is -2.34. The minimum Gasteiger partial charge on any atom is -0.469 e. The third-order valence-electron chi connectivity index (χ3n) is 4.11. The molecule has 0 bridgehead atoms. The maximum absolute atomic E-state index is 11.0. The maximum Gasteiger partial charge on any atom is 0.305 e. The largest absolute Gasteiger partial charge is 0.469 e. The normalized spacial score (nSPS) is 34.0. The average molecular weight is 226 g/mol. The van der Waals surface area contributed by atoms with Gasteiger partial charge in [0.2, 0.25) is 0 Å². The number of likely N-dealkylation sites (tertiary alicyclic amines) is 1. The van der Waals surface area contributed by atoms with Gasteiger partial charge in [0.25, 0.3) is 0 Å². The minimum atomic E-state index is -0.0892. The van der Waals surface area contributed by atoms with Crippen LogP contribution in [0.2, 0.25) is 0 Å². The van der Waals surface area contributed by atoms with Crippen molar-refractivity contribution in [3.63, 3.8) is 0 Å². The third-order valence-corrected chi connectivity index (χ3v) is 4.11. The fourth-order valence-electron chi connectivity index (χ4n) is 3.08. The van der Waals surface area contributed by atoms with Crippen molar-refractivity contribution in [1.29, 1.82) is 0 Å². The molecule has 2 saturated heterocycles. The maximum atomic E-state index is 11.0. The van der Waals surface area contributed by atoms with E-state index in [4.69, 9.17) is 0 Å². The Hall–Kier alpha value is -0.610. The monoisotopic (exact) mass is 226 g/mol. The Labute approximate surface area is 97.3 Å². The van der Waals surface area contributed by atoms with Gasteiger partial charge in [-0.2, -0.15) is 0 Å². The second-order valence-electron chi connectivity index (χ2n) is 5.00. The zero-order valence-corrected chi connectivity index (χ0v) is 10.2. The van der Waals surface area contributed by atoms with E-state index in [1.807, 2.05) is 0 Å². The van der Waals surface area contributed by atoms with E-state index in [0.29, 0.717) is 12.5 Å². The Morgan fingerprint density at radius 1 is 1.50 bits per heavy atom. The topological polar surface area (TPSA) is 41.6 Å². The van der Waals surface area contributed by atoms with Crippen LogP contribution in [0, 0.1) is 11.8 Å². The minimum absolute atomic E-state index is 0.0892. The highest BCUT2D eigenvalue weighted by Crippen LogP contribution is 2.32. The molecule has 16 heavy (non-hydrogen) atoms. The van der Waals surface area contributed by atoms with Gasteiger partial charge in [-0.25, -0.2) is 0 Å². The number of methoxy groups -OCH3 is 1. The Bertz CT molecular complexity index is 257. The van der Waals surface area contributed by atoms with Crippen LogP contribution in [0.1, 0.15) is 19.8 Å². The molecule has 0 spiro atoms. The number of rotatable bonds is 4. The molecule has 2 fully saturated rings. The molecule has 0 radical (unpaired) electrons. The van der Waals surface area contributed by atoms with Crippen LogP contribution in [0.25, 0.3) is 0 Å². The summed E-state index contributed by atoms with van der Waals surface area (Å²) in [5, 5.41) is 3.46. The van der Waals surface area contributed by atoms with Crippen molar-refractivity contribution in [2.24, 2.45) is 11.8 Å². The zero-order valence-electron chi connectivity index (χ0n) is 10.2. The lowest BCUT2D eigenvalue weighted by atomic mass is 9.95. The van der Waals surface area contributed by atoms with Gasteiger partial charge in [0.05, 0.1) is 7.11 Å². The number of esters is 1. The number of carbonyl (C=O) groups is 1. The zero-order chi connectivity index (χ0) is 11.5. The van der Waals surface area contributed by atoms with Gasteiger partial charge >= 0.3 is 5.97 Å². The standard InChI is InChI=1S/C12H22N2O2/c1-9-11-7-13-6-10(11)8-14(9)5-3-4-12(15)16-2/h9-11,13H,3-8H2,1-2H3. The molecular formula is C12H22N2O2. The molecular weight excluding hydrogens is 204 g/mol. The predicted octanol–water partition coefficient (Wildman–Crippen LogP) is 0.479. The average Bonchev–Trinajstić information content (AvgIpc) is 2.83. The lowest BCUT2D eigenvalue weighted by molar-refractivity contribution is -0.140. The van der Waals surface area contributed by atoms with Crippen LogP contribution >= 0.6 is 0 Å². The summed E-state index contributed by atoms with van der Waals surface area (Å²) in [6.07, 6.45) is 1.47. The summed E-state index contributed by atoms with van der Waals surface area (Å²) in [4.78, 5) is 13.5. The van der Waals surface area contributed by atoms with Gasteiger partial charge in [-0.1, -0.05) is 0 Å². The van der Waals surface area contributed by atoms with E-state index in [-0.39, 0.29) is 5.97 Å². The number of nitrogens with one attached hydrogen (secondary N) is 1. The van der Waals surface area contributed by atoms with Gasteiger partial charge < -0.3 is 10.1 Å². The van der Waals surface area contributed by atoms with Crippen LogP contribution in [0.4, 0.5) is 0 Å². The number of hydrogen-bond donors (Lipinski definition) is 1. The van der Waals surface area contributed by atoms with Crippen molar-refractivity contribution < 1.29 is 9.53 Å². The van der Waals surface area contributed by atoms with E-state index < -0.39 is 0 Å². The molecule has 0 amide bonds. The van der Waals surface area contributed by atoms with Crippen LogP contribution < -0.4 is 5.32 Å². The number of nitrogens with zero attached hydrogens (tertiary/aromatic N) is 1. The molecule has 0 aromatic carbocycles. The summed E-state index contributed by atoms with van der Waals surface area (Å²) in [7, 11) is 1.46. The first-order chi connectivity index (χ1) is 7.72. The molecule has 4 nitrogen and oxygen atoms in total. The number of carbonyl (C=O) groups excluding carboxylic acids is 1. The highest BCUT2D eigenvalue weighted by molar-refractivity contribution is 5.69. The van der Waals surface area contributed by atoms with Crippen LogP contribution in [0.15, 0.2) is 0 Å². The van der Waals surface area contributed by atoms with Crippen molar-refractivity contribution >= 4 is 5.97 Å². The van der Waals surface area contributed by atoms with E-state index >= 15 is 0 Å².